The Morgan fingerprint density at radius 2 is 1.89 bits per heavy atom. The summed E-state index contributed by atoms with van der Waals surface area (Å²) in [4.78, 5) is 41.9. The van der Waals surface area contributed by atoms with E-state index in [9.17, 15) is 14.4 Å². The van der Waals surface area contributed by atoms with E-state index in [2.05, 4.69) is 24.1 Å². The number of nitrogens with one attached hydrogen (secondary N) is 1. The summed E-state index contributed by atoms with van der Waals surface area (Å²) in [7, 11) is 0. The number of carbonyl (C=O) groups excluding carboxylic acids is 3. The molecule has 2 amide bonds. The minimum atomic E-state index is -0.570. The fourth-order valence-electron chi connectivity index (χ4n) is 2.66. The van der Waals surface area contributed by atoms with Gasteiger partial charge in [0.15, 0.2) is 10.8 Å². The maximum atomic E-state index is 12.3. The Morgan fingerprint density at radius 3 is 2.52 bits per heavy atom. The van der Waals surface area contributed by atoms with Crippen molar-refractivity contribution in [3.63, 3.8) is 0 Å². The zero-order chi connectivity index (χ0) is 19.4. The van der Waals surface area contributed by atoms with Crippen molar-refractivity contribution in [3.8, 4) is 0 Å². The van der Waals surface area contributed by atoms with Gasteiger partial charge in [-0.15, -0.1) is 11.3 Å². The summed E-state index contributed by atoms with van der Waals surface area (Å²) < 4.78 is 5.17. The van der Waals surface area contributed by atoms with Crippen molar-refractivity contribution in [2.75, 3.05) is 25.0 Å². The van der Waals surface area contributed by atoms with Gasteiger partial charge in [-0.3, -0.25) is 14.5 Å². The van der Waals surface area contributed by atoms with Crippen LogP contribution in [0.4, 0.5) is 5.13 Å². The highest BCUT2D eigenvalue weighted by molar-refractivity contribution is 7.13. The Labute approximate surface area is 161 Å². The molecule has 0 spiro atoms. The van der Waals surface area contributed by atoms with E-state index in [-0.39, 0.29) is 30.7 Å². The van der Waals surface area contributed by atoms with Crippen LogP contribution in [-0.4, -0.2) is 47.4 Å². The van der Waals surface area contributed by atoms with E-state index < -0.39 is 5.97 Å². The Balaban J connectivity index is 1.48. The largest absolute Gasteiger partial charge is 0.459 e. The lowest BCUT2D eigenvalue weighted by Crippen LogP contribution is -2.33. The first kappa shape index (κ1) is 19.0. The number of carbonyl (C=O) groups is 3. The molecule has 1 aromatic heterocycles. The van der Waals surface area contributed by atoms with Crippen LogP contribution in [0.5, 0.6) is 0 Å². The molecule has 0 fully saturated rings. The summed E-state index contributed by atoms with van der Waals surface area (Å²) in [5.74, 6) is -0.710. The number of hydrogen-bond donors (Lipinski definition) is 1. The molecular formula is C19H21N3O4S. The number of nitrogens with zero attached hydrogens (tertiary/aromatic N) is 2. The van der Waals surface area contributed by atoms with Gasteiger partial charge in [0.1, 0.15) is 6.61 Å². The number of ether oxygens (including phenoxy) is 1. The van der Waals surface area contributed by atoms with Gasteiger partial charge in [-0.05, 0) is 24.5 Å². The Kier molecular flexibility index (Phi) is 5.85. The zero-order valence-corrected chi connectivity index (χ0v) is 16.0. The number of esters is 1. The lowest BCUT2D eigenvalue weighted by molar-refractivity contribution is 0.0416. The number of benzene rings is 1. The molecule has 2 heterocycles. The maximum absolute atomic E-state index is 12.3. The molecule has 0 saturated carbocycles. The molecular weight excluding hydrogens is 366 g/mol. The van der Waals surface area contributed by atoms with E-state index in [1.807, 2.05) is 0 Å². The number of thiazole rings is 1. The predicted molar refractivity (Wildman–Crippen MR) is 102 cm³/mol. The first-order chi connectivity index (χ1) is 13.0. The number of imide groups is 1. The first-order valence-electron chi connectivity index (χ1n) is 8.79. The highest BCUT2D eigenvalue weighted by atomic mass is 32.1. The number of anilines is 1. The topological polar surface area (TPSA) is 88.6 Å². The maximum Gasteiger partial charge on any atom is 0.357 e. The van der Waals surface area contributed by atoms with Crippen molar-refractivity contribution in [3.05, 3.63) is 46.5 Å². The van der Waals surface area contributed by atoms with E-state index in [1.54, 1.807) is 29.6 Å². The molecule has 7 nitrogen and oxygen atoms in total. The van der Waals surface area contributed by atoms with Gasteiger partial charge in [0, 0.05) is 11.9 Å². The standard InChI is InChI=1S/C19H21N3O4S/c1-12(2)7-8-20-19-21-15(11-27-19)18(25)26-10-9-22-16(23)13-5-3-4-6-14(13)17(22)24/h3-6,11-12H,7-10H2,1-2H3,(H,20,21). The molecule has 0 bridgehead atoms. The SMILES string of the molecule is CC(C)CCNc1nc(C(=O)OCCN2C(=O)c3ccccc3C2=O)cs1. The number of hydrogen-bond acceptors (Lipinski definition) is 7. The quantitative estimate of drug-likeness (QED) is 0.553. The van der Waals surface area contributed by atoms with Gasteiger partial charge in [-0.25, -0.2) is 9.78 Å². The highest BCUT2D eigenvalue weighted by Crippen LogP contribution is 2.22. The Bertz CT molecular complexity index is 827. The molecule has 0 radical (unpaired) electrons. The summed E-state index contributed by atoms with van der Waals surface area (Å²) in [5.41, 5.74) is 0.977. The normalized spacial score (nSPS) is 13.2. The van der Waals surface area contributed by atoms with E-state index in [0.29, 0.717) is 22.2 Å². The summed E-state index contributed by atoms with van der Waals surface area (Å²) in [6, 6.07) is 6.65. The minimum absolute atomic E-state index is 0.0156. The molecule has 1 aliphatic rings. The van der Waals surface area contributed by atoms with Crippen molar-refractivity contribution in [1.82, 2.24) is 9.88 Å². The first-order valence-corrected chi connectivity index (χ1v) is 9.67. The third kappa shape index (κ3) is 4.33. The minimum Gasteiger partial charge on any atom is -0.459 e. The van der Waals surface area contributed by atoms with Crippen molar-refractivity contribution >= 4 is 34.3 Å². The molecule has 1 aromatic carbocycles. The second-order valence-corrected chi connectivity index (χ2v) is 7.45. The van der Waals surface area contributed by atoms with Crippen molar-refractivity contribution < 1.29 is 19.1 Å². The Hall–Kier alpha value is -2.74. The van der Waals surface area contributed by atoms with Crippen LogP contribution in [0.15, 0.2) is 29.6 Å². The van der Waals surface area contributed by atoms with Crippen molar-refractivity contribution in [1.29, 1.82) is 0 Å². The van der Waals surface area contributed by atoms with Crippen LogP contribution in [-0.2, 0) is 4.74 Å². The molecule has 27 heavy (non-hydrogen) atoms. The third-order valence-corrected chi connectivity index (χ3v) is 4.94. The lowest BCUT2D eigenvalue weighted by Gasteiger charge is -2.13. The van der Waals surface area contributed by atoms with Crippen molar-refractivity contribution in [2.45, 2.75) is 20.3 Å². The van der Waals surface area contributed by atoms with Crippen molar-refractivity contribution in [2.24, 2.45) is 5.92 Å². The second-order valence-electron chi connectivity index (χ2n) is 6.59. The monoisotopic (exact) mass is 387 g/mol. The average Bonchev–Trinajstić information content (AvgIpc) is 3.21. The summed E-state index contributed by atoms with van der Waals surface area (Å²) >= 11 is 1.34. The molecule has 0 aliphatic carbocycles. The van der Waals surface area contributed by atoms with Crippen LogP contribution in [0.1, 0.15) is 51.5 Å². The van der Waals surface area contributed by atoms with Crippen LogP contribution in [0.3, 0.4) is 0 Å². The Morgan fingerprint density at radius 1 is 1.22 bits per heavy atom. The van der Waals surface area contributed by atoms with Gasteiger partial charge in [-0.1, -0.05) is 26.0 Å². The van der Waals surface area contributed by atoms with Crippen LogP contribution < -0.4 is 5.32 Å². The van der Waals surface area contributed by atoms with E-state index in [1.165, 1.54) is 11.3 Å². The fraction of sp³-hybridized carbons (Fsp3) is 0.368. The molecule has 0 unspecified atom stereocenters. The van der Waals surface area contributed by atoms with E-state index in [4.69, 9.17) is 4.74 Å². The van der Waals surface area contributed by atoms with Crippen LogP contribution in [0.2, 0.25) is 0 Å². The second kappa shape index (κ2) is 8.30. The van der Waals surface area contributed by atoms with Gasteiger partial charge in [0.25, 0.3) is 11.8 Å². The molecule has 3 rings (SSSR count). The lowest BCUT2D eigenvalue weighted by atomic mass is 10.1. The number of rotatable bonds is 8. The highest BCUT2D eigenvalue weighted by Gasteiger charge is 2.34. The summed E-state index contributed by atoms with van der Waals surface area (Å²) in [6.45, 7) is 5.01. The van der Waals surface area contributed by atoms with Gasteiger partial charge < -0.3 is 10.1 Å². The number of amides is 2. The average molecular weight is 387 g/mol. The fourth-order valence-corrected chi connectivity index (χ4v) is 3.37. The van der Waals surface area contributed by atoms with Crippen LogP contribution in [0, 0.1) is 5.92 Å². The van der Waals surface area contributed by atoms with Crippen LogP contribution >= 0.6 is 11.3 Å². The van der Waals surface area contributed by atoms with Gasteiger partial charge in [0.05, 0.1) is 17.7 Å². The molecule has 1 N–H and O–H groups in total. The smallest absolute Gasteiger partial charge is 0.357 e. The van der Waals surface area contributed by atoms with E-state index >= 15 is 0 Å². The number of fused-ring (bicyclic) bond motifs is 1. The molecule has 0 atom stereocenters. The van der Waals surface area contributed by atoms with Gasteiger partial charge in [-0.2, -0.15) is 0 Å². The van der Waals surface area contributed by atoms with Gasteiger partial charge in [0.2, 0.25) is 0 Å². The molecule has 1 aliphatic heterocycles. The van der Waals surface area contributed by atoms with E-state index in [0.717, 1.165) is 17.9 Å². The summed E-state index contributed by atoms with van der Waals surface area (Å²) in [6.07, 6.45) is 1.01. The molecule has 2 aromatic rings. The zero-order valence-electron chi connectivity index (χ0n) is 15.2. The molecule has 0 saturated heterocycles. The molecule has 8 heteroatoms. The predicted octanol–water partition coefficient (Wildman–Crippen LogP) is 3.05. The third-order valence-electron chi connectivity index (χ3n) is 4.14. The summed E-state index contributed by atoms with van der Waals surface area (Å²) in [5, 5.41) is 5.47. The van der Waals surface area contributed by atoms with Gasteiger partial charge >= 0.3 is 5.97 Å². The van der Waals surface area contributed by atoms with Crippen LogP contribution in [0.25, 0.3) is 0 Å². The molecule has 142 valence electrons. The number of aromatic nitrogens is 1.